The van der Waals surface area contributed by atoms with Crippen LogP contribution in [0.5, 0.6) is 0 Å². The Balaban J connectivity index is 1.04. The lowest BCUT2D eigenvalue weighted by Crippen LogP contribution is -2.00. The minimum atomic E-state index is 0.805. The number of para-hydroxylation sites is 4. The molecule has 0 fully saturated rings. The van der Waals surface area contributed by atoms with Gasteiger partial charge in [0.25, 0.3) is 0 Å². The SMILES string of the molecule is Cc1c(-c2cccc(-c3cccc(-c4cc(-n5c6ccccc6c6ccccc65)ccc4-c4ccccn4)n3)n2)cccc1-n1c2ccccc2c2ccccc21. The first kappa shape index (κ1) is 32.8. The lowest BCUT2D eigenvalue weighted by molar-refractivity contribution is 1.15. The molecule has 6 aromatic carbocycles. The van der Waals surface area contributed by atoms with E-state index in [-0.39, 0.29) is 0 Å². The summed E-state index contributed by atoms with van der Waals surface area (Å²) in [6.45, 7) is 2.20. The third kappa shape index (κ3) is 5.35. The molecule has 0 N–H and O–H groups in total. The second-order valence-corrected chi connectivity index (χ2v) is 14.5. The monoisotopic (exact) mass is 729 g/mol. The molecule has 0 saturated heterocycles. The molecule has 5 heterocycles. The van der Waals surface area contributed by atoms with Crippen molar-refractivity contribution in [2.24, 2.45) is 0 Å². The summed E-state index contributed by atoms with van der Waals surface area (Å²) in [6.07, 6.45) is 1.84. The molecule has 0 spiro atoms. The van der Waals surface area contributed by atoms with E-state index in [2.05, 4.69) is 186 Å². The summed E-state index contributed by atoms with van der Waals surface area (Å²) in [4.78, 5) is 15.4. The van der Waals surface area contributed by atoms with Gasteiger partial charge in [-0.05, 0) is 91.3 Å². The Morgan fingerprint density at radius 2 is 0.825 bits per heavy atom. The topological polar surface area (TPSA) is 48.5 Å². The van der Waals surface area contributed by atoms with Gasteiger partial charge in [0.05, 0.1) is 50.5 Å². The summed E-state index contributed by atoms with van der Waals surface area (Å²) in [6, 6.07) is 66.1. The number of aromatic nitrogens is 5. The van der Waals surface area contributed by atoms with Crippen molar-refractivity contribution in [3.05, 3.63) is 200 Å². The van der Waals surface area contributed by atoms with Gasteiger partial charge in [-0.1, -0.05) is 109 Å². The number of rotatable bonds is 6. The highest BCUT2D eigenvalue weighted by molar-refractivity contribution is 6.10. The Kier molecular flexibility index (Phi) is 7.64. The Bertz CT molecular complexity index is 3210. The molecule has 57 heavy (non-hydrogen) atoms. The van der Waals surface area contributed by atoms with Crippen LogP contribution in [0, 0.1) is 6.92 Å². The first-order chi connectivity index (χ1) is 28.2. The molecule has 268 valence electrons. The number of nitrogens with zero attached hydrogens (tertiary/aromatic N) is 5. The van der Waals surface area contributed by atoms with Crippen LogP contribution in [-0.4, -0.2) is 24.1 Å². The molecule has 11 aromatic rings. The third-order valence-electron chi connectivity index (χ3n) is 11.2. The quantitative estimate of drug-likeness (QED) is 0.171. The van der Waals surface area contributed by atoms with Gasteiger partial charge in [0, 0.05) is 55.8 Å². The second kappa shape index (κ2) is 13.3. The Hall–Kier alpha value is -7.63. The molecule has 0 saturated carbocycles. The highest BCUT2D eigenvalue weighted by Crippen LogP contribution is 2.38. The summed E-state index contributed by atoms with van der Waals surface area (Å²) >= 11 is 0. The van der Waals surface area contributed by atoms with Gasteiger partial charge in [0.1, 0.15) is 0 Å². The van der Waals surface area contributed by atoms with Crippen molar-refractivity contribution in [1.29, 1.82) is 0 Å². The zero-order valence-electron chi connectivity index (χ0n) is 31.2. The maximum Gasteiger partial charge on any atom is 0.0893 e. The number of hydrogen-bond acceptors (Lipinski definition) is 3. The fourth-order valence-electron chi connectivity index (χ4n) is 8.61. The lowest BCUT2D eigenvalue weighted by Gasteiger charge is -2.16. The smallest absolute Gasteiger partial charge is 0.0893 e. The van der Waals surface area contributed by atoms with Crippen LogP contribution in [-0.2, 0) is 0 Å². The van der Waals surface area contributed by atoms with Crippen molar-refractivity contribution in [1.82, 2.24) is 24.1 Å². The van der Waals surface area contributed by atoms with Crippen LogP contribution in [0.15, 0.2) is 194 Å². The number of pyridine rings is 3. The highest BCUT2D eigenvalue weighted by atomic mass is 15.0. The largest absolute Gasteiger partial charge is 0.309 e. The van der Waals surface area contributed by atoms with Gasteiger partial charge in [0.15, 0.2) is 0 Å². The predicted octanol–water partition coefficient (Wildman–Crippen LogP) is 13.0. The van der Waals surface area contributed by atoms with E-state index in [0.29, 0.717) is 0 Å². The molecule has 0 radical (unpaired) electrons. The van der Waals surface area contributed by atoms with Crippen molar-refractivity contribution < 1.29 is 0 Å². The van der Waals surface area contributed by atoms with E-state index >= 15 is 0 Å². The van der Waals surface area contributed by atoms with Crippen molar-refractivity contribution in [2.45, 2.75) is 6.92 Å². The van der Waals surface area contributed by atoms with Gasteiger partial charge in [-0.15, -0.1) is 0 Å². The van der Waals surface area contributed by atoms with Crippen LogP contribution in [0.1, 0.15) is 5.56 Å². The molecule has 0 aliphatic heterocycles. The summed E-state index contributed by atoms with van der Waals surface area (Å²) in [5, 5.41) is 4.95. The molecule has 0 atom stereocenters. The molecule has 5 nitrogen and oxygen atoms in total. The molecule has 0 aliphatic carbocycles. The van der Waals surface area contributed by atoms with Crippen LogP contribution in [0.2, 0.25) is 0 Å². The Morgan fingerprint density at radius 3 is 1.39 bits per heavy atom. The van der Waals surface area contributed by atoms with E-state index in [1.807, 2.05) is 24.4 Å². The molecule has 0 amide bonds. The van der Waals surface area contributed by atoms with Crippen molar-refractivity contribution in [3.63, 3.8) is 0 Å². The first-order valence-corrected chi connectivity index (χ1v) is 19.3. The minimum absolute atomic E-state index is 0.805. The van der Waals surface area contributed by atoms with Crippen molar-refractivity contribution >= 4 is 43.6 Å². The molecule has 0 aliphatic rings. The summed E-state index contributed by atoms with van der Waals surface area (Å²) in [5.41, 5.74) is 15.4. The Labute approximate surface area is 329 Å². The fraction of sp³-hybridized carbons (Fsp3) is 0.0192. The van der Waals surface area contributed by atoms with Crippen LogP contribution in [0.3, 0.4) is 0 Å². The summed E-state index contributed by atoms with van der Waals surface area (Å²) in [5.74, 6) is 0. The maximum atomic E-state index is 5.33. The highest BCUT2D eigenvalue weighted by Gasteiger charge is 2.19. The van der Waals surface area contributed by atoms with Crippen molar-refractivity contribution in [3.8, 4) is 56.5 Å². The fourth-order valence-corrected chi connectivity index (χ4v) is 8.61. The zero-order chi connectivity index (χ0) is 37.9. The second-order valence-electron chi connectivity index (χ2n) is 14.5. The van der Waals surface area contributed by atoms with E-state index < -0.39 is 0 Å². The van der Waals surface area contributed by atoms with Crippen molar-refractivity contribution in [2.75, 3.05) is 0 Å². The molecule has 11 rings (SSSR count). The standard InChI is InChI=1S/C52H35N5/c1-34-36(19-12-29-48(34)57-51-27-8-4-17-40(51)41-18-5-9-28-52(41)57)44-21-13-23-46(54-44)47-24-14-22-45(55-47)42-33-35(30-31-37(42)43-20-10-11-32-53-43)56-49-25-6-2-15-38(49)39-16-3-7-26-50(39)56/h2-33H,1H3. The molecular weight excluding hydrogens is 695 g/mol. The lowest BCUT2D eigenvalue weighted by atomic mass is 9.99. The van der Waals surface area contributed by atoms with E-state index in [0.717, 1.165) is 73.1 Å². The molecule has 0 unspecified atom stereocenters. The van der Waals surface area contributed by atoms with Crippen LogP contribution < -0.4 is 0 Å². The van der Waals surface area contributed by atoms with E-state index in [4.69, 9.17) is 15.0 Å². The van der Waals surface area contributed by atoms with Gasteiger partial charge < -0.3 is 9.13 Å². The Morgan fingerprint density at radius 1 is 0.351 bits per heavy atom. The number of hydrogen-bond donors (Lipinski definition) is 0. The van der Waals surface area contributed by atoms with Gasteiger partial charge in [-0.2, -0.15) is 0 Å². The third-order valence-corrected chi connectivity index (χ3v) is 11.2. The normalized spacial score (nSPS) is 11.6. The van der Waals surface area contributed by atoms with Gasteiger partial charge >= 0.3 is 0 Å². The van der Waals surface area contributed by atoms with E-state index in [1.54, 1.807) is 0 Å². The van der Waals surface area contributed by atoms with E-state index in [1.165, 1.54) is 32.6 Å². The van der Waals surface area contributed by atoms with Gasteiger partial charge in [-0.3, -0.25) is 4.98 Å². The first-order valence-electron chi connectivity index (χ1n) is 19.3. The summed E-state index contributed by atoms with van der Waals surface area (Å²) < 4.78 is 4.73. The maximum absolute atomic E-state index is 5.33. The summed E-state index contributed by atoms with van der Waals surface area (Å²) in [7, 11) is 0. The van der Waals surface area contributed by atoms with Gasteiger partial charge in [0.2, 0.25) is 0 Å². The van der Waals surface area contributed by atoms with Crippen LogP contribution in [0.4, 0.5) is 0 Å². The van der Waals surface area contributed by atoms with Gasteiger partial charge in [-0.25, -0.2) is 9.97 Å². The average Bonchev–Trinajstić information content (AvgIpc) is 3.80. The van der Waals surface area contributed by atoms with Crippen LogP contribution in [0.25, 0.3) is 100 Å². The number of benzene rings is 6. The predicted molar refractivity (Wildman–Crippen MR) is 235 cm³/mol. The molecule has 5 aromatic heterocycles. The number of fused-ring (bicyclic) bond motifs is 6. The molecule has 0 bridgehead atoms. The van der Waals surface area contributed by atoms with Crippen LogP contribution >= 0.6 is 0 Å². The molecule has 5 heteroatoms. The zero-order valence-corrected chi connectivity index (χ0v) is 31.2. The van der Waals surface area contributed by atoms with E-state index in [9.17, 15) is 0 Å². The average molecular weight is 730 g/mol. The molecular formula is C52H35N5. The minimum Gasteiger partial charge on any atom is -0.309 e.